The molecule has 1 fully saturated rings. The normalized spacial score (nSPS) is 24.3. The van der Waals surface area contributed by atoms with Gasteiger partial charge in [-0.25, -0.2) is 0 Å². The van der Waals surface area contributed by atoms with Crippen molar-refractivity contribution in [3.63, 3.8) is 0 Å². The van der Waals surface area contributed by atoms with Gasteiger partial charge < -0.3 is 15.3 Å². The van der Waals surface area contributed by atoms with E-state index in [1.54, 1.807) is 0 Å². The number of nitrogens with one attached hydrogen (secondary N) is 1. The van der Waals surface area contributed by atoms with Crippen LogP contribution in [0.4, 0.5) is 5.69 Å². The molecular formula is C14H21BrN2O. The van der Waals surface area contributed by atoms with Crippen LogP contribution >= 0.6 is 15.9 Å². The van der Waals surface area contributed by atoms with Crippen LogP contribution in [-0.4, -0.2) is 31.3 Å². The number of aliphatic hydroxyl groups excluding tert-OH is 1. The molecule has 2 N–H and O–H groups in total. The Kier molecular flexibility index (Phi) is 4.65. The van der Waals surface area contributed by atoms with Gasteiger partial charge in [0, 0.05) is 29.8 Å². The molecule has 18 heavy (non-hydrogen) atoms. The Labute approximate surface area is 117 Å². The highest BCUT2D eigenvalue weighted by Gasteiger charge is 2.25. The first-order valence-electron chi connectivity index (χ1n) is 6.48. The average Bonchev–Trinajstić information content (AvgIpc) is 2.35. The number of hydrogen-bond acceptors (Lipinski definition) is 3. The van der Waals surface area contributed by atoms with Crippen molar-refractivity contribution in [2.75, 3.05) is 25.0 Å². The lowest BCUT2D eigenvalue weighted by Crippen LogP contribution is -2.43. The Morgan fingerprint density at radius 3 is 2.94 bits per heavy atom. The number of hydrogen-bond donors (Lipinski definition) is 2. The van der Waals surface area contributed by atoms with Gasteiger partial charge in [-0.05, 0) is 37.1 Å². The van der Waals surface area contributed by atoms with Crippen LogP contribution in [0, 0.1) is 5.92 Å². The van der Waals surface area contributed by atoms with Crippen LogP contribution in [0.1, 0.15) is 18.9 Å². The standard InChI is InChI=1S/C14H21BrN2O/c1-10-5-6-17(9-14(10)18)13-7-12(15)4-3-11(13)8-16-2/h3-4,7,10,14,16,18H,5-6,8-9H2,1-2H3. The van der Waals surface area contributed by atoms with Crippen LogP contribution in [0.25, 0.3) is 0 Å². The molecule has 0 radical (unpaired) electrons. The van der Waals surface area contributed by atoms with Gasteiger partial charge in [0.15, 0.2) is 0 Å². The van der Waals surface area contributed by atoms with Crippen molar-refractivity contribution >= 4 is 21.6 Å². The summed E-state index contributed by atoms with van der Waals surface area (Å²) in [6.45, 7) is 4.72. The minimum absolute atomic E-state index is 0.222. The molecular weight excluding hydrogens is 292 g/mol. The van der Waals surface area contributed by atoms with Crippen molar-refractivity contribution in [2.24, 2.45) is 5.92 Å². The Morgan fingerprint density at radius 2 is 2.28 bits per heavy atom. The van der Waals surface area contributed by atoms with E-state index in [2.05, 4.69) is 51.3 Å². The first-order valence-corrected chi connectivity index (χ1v) is 7.27. The molecule has 0 aromatic heterocycles. The van der Waals surface area contributed by atoms with Gasteiger partial charge in [-0.15, -0.1) is 0 Å². The Hall–Kier alpha value is -0.580. The number of anilines is 1. The highest BCUT2D eigenvalue weighted by Crippen LogP contribution is 2.29. The fraction of sp³-hybridized carbons (Fsp3) is 0.571. The van der Waals surface area contributed by atoms with Crippen LogP contribution in [0.2, 0.25) is 0 Å². The third kappa shape index (κ3) is 3.05. The van der Waals surface area contributed by atoms with Crippen molar-refractivity contribution in [3.05, 3.63) is 28.2 Å². The molecule has 3 nitrogen and oxygen atoms in total. The monoisotopic (exact) mass is 312 g/mol. The average molecular weight is 313 g/mol. The van der Waals surface area contributed by atoms with E-state index in [0.29, 0.717) is 5.92 Å². The van der Waals surface area contributed by atoms with Crippen molar-refractivity contribution < 1.29 is 5.11 Å². The summed E-state index contributed by atoms with van der Waals surface area (Å²) in [5, 5.41) is 13.2. The Morgan fingerprint density at radius 1 is 1.50 bits per heavy atom. The summed E-state index contributed by atoms with van der Waals surface area (Å²) in [5.74, 6) is 0.404. The summed E-state index contributed by atoms with van der Waals surface area (Å²) >= 11 is 3.53. The van der Waals surface area contributed by atoms with Crippen LogP contribution in [0.5, 0.6) is 0 Å². The fourth-order valence-electron chi connectivity index (χ4n) is 2.44. The molecule has 2 rings (SSSR count). The summed E-state index contributed by atoms with van der Waals surface area (Å²) in [6, 6.07) is 6.36. The van der Waals surface area contributed by atoms with E-state index < -0.39 is 0 Å². The molecule has 2 unspecified atom stereocenters. The molecule has 0 aliphatic carbocycles. The van der Waals surface area contributed by atoms with E-state index in [-0.39, 0.29) is 6.10 Å². The molecule has 2 atom stereocenters. The van der Waals surface area contributed by atoms with Crippen LogP contribution in [0.3, 0.4) is 0 Å². The summed E-state index contributed by atoms with van der Waals surface area (Å²) in [4.78, 5) is 2.29. The maximum atomic E-state index is 10.0. The van der Waals surface area contributed by atoms with Gasteiger partial charge in [0.1, 0.15) is 0 Å². The van der Waals surface area contributed by atoms with Gasteiger partial charge in [-0.1, -0.05) is 28.9 Å². The van der Waals surface area contributed by atoms with E-state index in [9.17, 15) is 5.11 Å². The maximum Gasteiger partial charge on any atom is 0.0741 e. The molecule has 0 amide bonds. The number of halogens is 1. The quantitative estimate of drug-likeness (QED) is 0.899. The van der Waals surface area contributed by atoms with Gasteiger partial charge in [0.2, 0.25) is 0 Å². The predicted molar refractivity (Wildman–Crippen MR) is 78.9 cm³/mol. The lowest BCUT2D eigenvalue weighted by molar-refractivity contribution is 0.103. The molecule has 1 aromatic carbocycles. The number of piperidine rings is 1. The zero-order valence-corrected chi connectivity index (χ0v) is 12.6. The first-order chi connectivity index (χ1) is 8.61. The lowest BCUT2D eigenvalue weighted by atomic mass is 9.95. The van der Waals surface area contributed by atoms with E-state index in [1.807, 2.05) is 7.05 Å². The van der Waals surface area contributed by atoms with E-state index in [1.165, 1.54) is 11.3 Å². The fourth-order valence-corrected chi connectivity index (χ4v) is 2.79. The zero-order chi connectivity index (χ0) is 13.1. The first kappa shape index (κ1) is 13.8. The third-order valence-electron chi connectivity index (χ3n) is 3.67. The second kappa shape index (κ2) is 6.04. The smallest absolute Gasteiger partial charge is 0.0741 e. The van der Waals surface area contributed by atoms with Crippen LogP contribution in [-0.2, 0) is 6.54 Å². The van der Waals surface area contributed by atoms with Crippen molar-refractivity contribution in [2.45, 2.75) is 26.0 Å². The number of rotatable bonds is 3. The van der Waals surface area contributed by atoms with Gasteiger partial charge in [0.25, 0.3) is 0 Å². The zero-order valence-electron chi connectivity index (χ0n) is 11.0. The molecule has 1 aromatic rings. The molecule has 100 valence electrons. The SMILES string of the molecule is CNCc1ccc(Br)cc1N1CCC(C)C(O)C1. The minimum Gasteiger partial charge on any atom is -0.391 e. The molecule has 1 aliphatic heterocycles. The van der Waals surface area contributed by atoms with Gasteiger partial charge in [0.05, 0.1) is 6.10 Å². The summed E-state index contributed by atoms with van der Waals surface area (Å²) < 4.78 is 1.09. The minimum atomic E-state index is -0.222. The van der Waals surface area contributed by atoms with Crippen molar-refractivity contribution in [1.82, 2.24) is 5.32 Å². The molecule has 0 saturated carbocycles. The molecule has 1 saturated heterocycles. The lowest BCUT2D eigenvalue weighted by Gasteiger charge is -2.37. The second-order valence-corrected chi connectivity index (χ2v) is 6.00. The van der Waals surface area contributed by atoms with E-state index >= 15 is 0 Å². The Balaban J connectivity index is 2.23. The highest BCUT2D eigenvalue weighted by molar-refractivity contribution is 9.10. The van der Waals surface area contributed by atoms with Crippen LogP contribution < -0.4 is 10.2 Å². The summed E-state index contributed by atoms with van der Waals surface area (Å²) in [5.41, 5.74) is 2.51. The molecule has 4 heteroatoms. The summed E-state index contributed by atoms with van der Waals surface area (Å²) in [6.07, 6.45) is 0.826. The van der Waals surface area contributed by atoms with E-state index in [4.69, 9.17) is 0 Å². The third-order valence-corrected chi connectivity index (χ3v) is 4.17. The molecule has 0 spiro atoms. The van der Waals surface area contributed by atoms with E-state index in [0.717, 1.165) is 30.5 Å². The van der Waals surface area contributed by atoms with Crippen molar-refractivity contribution in [1.29, 1.82) is 0 Å². The number of nitrogens with zero attached hydrogens (tertiary/aromatic N) is 1. The van der Waals surface area contributed by atoms with Gasteiger partial charge in [-0.3, -0.25) is 0 Å². The molecule has 0 bridgehead atoms. The van der Waals surface area contributed by atoms with Crippen LogP contribution in [0.15, 0.2) is 22.7 Å². The number of β-amino-alcohol motifs (C(OH)–C–C–N with tert-alkyl or cyclic N) is 1. The maximum absolute atomic E-state index is 10.0. The molecule has 1 aliphatic rings. The topological polar surface area (TPSA) is 35.5 Å². The van der Waals surface area contributed by atoms with Gasteiger partial charge >= 0.3 is 0 Å². The number of aliphatic hydroxyl groups is 1. The van der Waals surface area contributed by atoms with Gasteiger partial charge in [-0.2, -0.15) is 0 Å². The summed E-state index contributed by atoms with van der Waals surface area (Å²) in [7, 11) is 1.96. The predicted octanol–water partition coefficient (Wildman–Crippen LogP) is 2.38. The largest absolute Gasteiger partial charge is 0.391 e. The highest BCUT2D eigenvalue weighted by atomic mass is 79.9. The Bertz CT molecular complexity index is 411. The van der Waals surface area contributed by atoms with Crippen molar-refractivity contribution in [3.8, 4) is 0 Å². The molecule has 1 heterocycles. The second-order valence-electron chi connectivity index (χ2n) is 5.08. The number of benzene rings is 1.